The Morgan fingerprint density at radius 3 is 2.69 bits per heavy atom. The van der Waals surface area contributed by atoms with Crippen LogP contribution in [0.2, 0.25) is 0 Å². The number of benzene rings is 1. The molecule has 0 aliphatic heterocycles. The Morgan fingerprint density at radius 2 is 2.04 bits per heavy atom. The average molecular weight is 353 g/mol. The van der Waals surface area contributed by atoms with Gasteiger partial charge in [0.05, 0.1) is 23.7 Å². The molecule has 0 spiro atoms. The van der Waals surface area contributed by atoms with Gasteiger partial charge >= 0.3 is 6.09 Å². The lowest BCUT2D eigenvalue weighted by Crippen LogP contribution is -2.40. The minimum atomic E-state index is -0.611. The molecule has 0 atom stereocenters. The third kappa shape index (κ3) is 2.50. The van der Waals surface area contributed by atoms with Crippen LogP contribution in [0.15, 0.2) is 30.3 Å². The zero-order valence-corrected chi connectivity index (χ0v) is 14.3. The molecule has 134 valence electrons. The number of nitrogens with one attached hydrogen (secondary N) is 1. The van der Waals surface area contributed by atoms with Crippen LogP contribution in [0, 0.1) is 0 Å². The number of rotatable bonds is 4. The van der Waals surface area contributed by atoms with Gasteiger partial charge in [0.1, 0.15) is 11.5 Å². The van der Waals surface area contributed by atoms with E-state index in [2.05, 4.69) is 10.3 Å². The lowest BCUT2D eigenvalue weighted by atomic mass is 10.1. The molecule has 2 aromatic heterocycles. The maximum Gasteiger partial charge on any atom is 0.407 e. The van der Waals surface area contributed by atoms with E-state index in [0.29, 0.717) is 12.2 Å². The molecular formula is C18H19N5O3. The topological polar surface area (TPSA) is 125 Å². The molecule has 0 saturated heterocycles. The second kappa shape index (κ2) is 5.62. The number of anilines is 1. The van der Waals surface area contributed by atoms with Gasteiger partial charge in [0, 0.05) is 17.3 Å². The highest BCUT2D eigenvalue weighted by molar-refractivity contribution is 6.10. The van der Waals surface area contributed by atoms with Crippen molar-refractivity contribution in [1.82, 2.24) is 14.9 Å². The molecule has 1 aliphatic carbocycles. The number of nitrogens with two attached hydrogens (primary N) is 2. The summed E-state index contributed by atoms with van der Waals surface area (Å²) in [5.74, 6) is -0.514. The summed E-state index contributed by atoms with van der Waals surface area (Å²) >= 11 is 0. The highest BCUT2D eigenvalue weighted by atomic mass is 16.5. The number of nitrogen functional groups attached to an aromatic ring is 1. The summed E-state index contributed by atoms with van der Waals surface area (Å²) in [4.78, 5) is 27.7. The SMILES string of the molecule is COC(=O)NC1(Cn2c3ccccc3c3cc(C(N)=O)c(N)nc32)CC1. The van der Waals surface area contributed by atoms with E-state index in [9.17, 15) is 9.59 Å². The predicted octanol–water partition coefficient (Wildman–Crippen LogP) is 1.76. The quantitative estimate of drug-likeness (QED) is 0.659. The van der Waals surface area contributed by atoms with E-state index in [1.165, 1.54) is 7.11 Å². The van der Waals surface area contributed by atoms with Crippen LogP contribution in [0.1, 0.15) is 23.2 Å². The number of carbonyl (C=O) groups is 2. The first-order chi connectivity index (χ1) is 12.4. The molecule has 2 heterocycles. The number of primary amides is 1. The predicted molar refractivity (Wildman–Crippen MR) is 97.7 cm³/mol. The summed E-state index contributed by atoms with van der Waals surface area (Å²) in [5, 5.41) is 4.67. The number of carbonyl (C=O) groups excluding carboxylic acids is 2. The number of hydrogen-bond donors (Lipinski definition) is 3. The monoisotopic (exact) mass is 353 g/mol. The van der Waals surface area contributed by atoms with Crippen molar-refractivity contribution in [3.63, 3.8) is 0 Å². The second-order valence-electron chi connectivity index (χ2n) is 6.66. The first-order valence-corrected chi connectivity index (χ1v) is 8.27. The Kier molecular flexibility index (Phi) is 3.50. The fraction of sp³-hybridized carbons (Fsp3) is 0.278. The van der Waals surface area contributed by atoms with Gasteiger partial charge in [-0.15, -0.1) is 0 Å². The minimum Gasteiger partial charge on any atom is -0.453 e. The van der Waals surface area contributed by atoms with Crippen LogP contribution < -0.4 is 16.8 Å². The number of hydrogen-bond acceptors (Lipinski definition) is 5. The van der Waals surface area contributed by atoms with Gasteiger partial charge in [-0.3, -0.25) is 4.79 Å². The summed E-state index contributed by atoms with van der Waals surface area (Å²) < 4.78 is 6.76. The van der Waals surface area contributed by atoms with Gasteiger partial charge in [-0.05, 0) is 25.0 Å². The Bertz CT molecular complexity index is 1050. The Morgan fingerprint density at radius 1 is 1.31 bits per heavy atom. The lowest BCUT2D eigenvalue weighted by Gasteiger charge is -2.18. The Balaban J connectivity index is 1.89. The van der Waals surface area contributed by atoms with Gasteiger partial charge in [0.2, 0.25) is 0 Å². The summed E-state index contributed by atoms with van der Waals surface area (Å²) in [6.45, 7) is 0.536. The van der Waals surface area contributed by atoms with Crippen molar-refractivity contribution in [2.75, 3.05) is 12.8 Å². The van der Waals surface area contributed by atoms with Crippen LogP contribution in [0.3, 0.4) is 0 Å². The molecule has 1 fully saturated rings. The fourth-order valence-electron chi connectivity index (χ4n) is 3.37. The van der Waals surface area contributed by atoms with Crippen molar-refractivity contribution in [1.29, 1.82) is 0 Å². The van der Waals surface area contributed by atoms with E-state index in [-0.39, 0.29) is 16.9 Å². The van der Waals surface area contributed by atoms with Gasteiger partial charge in [-0.2, -0.15) is 0 Å². The standard InChI is InChI=1S/C18H19N5O3/c1-26-17(25)22-18(6-7-18)9-23-13-5-3-2-4-10(13)11-8-12(15(20)24)14(19)21-16(11)23/h2-5,8H,6-7,9H2,1H3,(H2,19,21)(H2,20,24)(H,22,25). The lowest BCUT2D eigenvalue weighted by molar-refractivity contribution is 0.100. The molecule has 4 rings (SSSR count). The number of nitrogens with zero attached hydrogens (tertiary/aromatic N) is 2. The zero-order valence-electron chi connectivity index (χ0n) is 14.3. The third-order valence-electron chi connectivity index (χ3n) is 4.90. The molecule has 2 amide bonds. The van der Waals surface area contributed by atoms with Crippen molar-refractivity contribution in [2.45, 2.75) is 24.9 Å². The van der Waals surface area contributed by atoms with Crippen LogP contribution in [-0.2, 0) is 11.3 Å². The maximum absolute atomic E-state index is 11.7. The van der Waals surface area contributed by atoms with E-state index >= 15 is 0 Å². The summed E-state index contributed by atoms with van der Waals surface area (Å²) in [6, 6.07) is 9.48. The molecule has 0 unspecified atom stereocenters. The maximum atomic E-state index is 11.7. The van der Waals surface area contributed by atoms with E-state index < -0.39 is 12.0 Å². The molecule has 1 aliphatic rings. The largest absolute Gasteiger partial charge is 0.453 e. The molecule has 26 heavy (non-hydrogen) atoms. The molecule has 5 N–H and O–H groups in total. The normalized spacial score (nSPS) is 15.1. The number of pyridine rings is 1. The highest BCUT2D eigenvalue weighted by Gasteiger charge is 2.45. The molecule has 1 saturated carbocycles. The fourth-order valence-corrected chi connectivity index (χ4v) is 3.37. The molecule has 1 aromatic carbocycles. The average Bonchev–Trinajstić information content (AvgIpc) is 3.31. The van der Waals surface area contributed by atoms with Crippen molar-refractivity contribution < 1.29 is 14.3 Å². The number of aromatic nitrogens is 2. The van der Waals surface area contributed by atoms with Gasteiger partial charge in [-0.25, -0.2) is 9.78 Å². The number of para-hydroxylation sites is 1. The summed E-state index contributed by atoms with van der Waals surface area (Å²) in [5.41, 5.74) is 12.8. The van der Waals surface area contributed by atoms with Gasteiger partial charge in [-0.1, -0.05) is 18.2 Å². The summed E-state index contributed by atoms with van der Waals surface area (Å²) in [7, 11) is 1.35. The van der Waals surface area contributed by atoms with Gasteiger partial charge < -0.3 is 26.1 Å². The number of methoxy groups -OCH3 is 1. The molecule has 8 nitrogen and oxygen atoms in total. The van der Waals surface area contributed by atoms with Crippen LogP contribution in [0.25, 0.3) is 21.9 Å². The van der Waals surface area contributed by atoms with Crippen molar-refractivity contribution >= 4 is 39.8 Å². The van der Waals surface area contributed by atoms with Crippen LogP contribution >= 0.6 is 0 Å². The number of amides is 2. The minimum absolute atomic E-state index is 0.0971. The van der Waals surface area contributed by atoms with E-state index in [4.69, 9.17) is 16.2 Å². The van der Waals surface area contributed by atoms with Gasteiger partial charge in [0.15, 0.2) is 0 Å². The first-order valence-electron chi connectivity index (χ1n) is 8.27. The summed E-state index contributed by atoms with van der Waals surface area (Å²) in [6.07, 6.45) is 1.25. The third-order valence-corrected chi connectivity index (χ3v) is 4.90. The van der Waals surface area contributed by atoms with Crippen molar-refractivity contribution in [3.8, 4) is 0 Å². The molecule has 3 aromatic rings. The van der Waals surface area contributed by atoms with E-state index in [0.717, 1.165) is 29.1 Å². The number of alkyl carbamates (subject to hydrolysis) is 1. The zero-order chi connectivity index (χ0) is 18.5. The van der Waals surface area contributed by atoms with E-state index in [1.807, 2.05) is 28.8 Å². The number of ether oxygens (including phenoxy) is 1. The van der Waals surface area contributed by atoms with Crippen molar-refractivity contribution in [3.05, 3.63) is 35.9 Å². The highest BCUT2D eigenvalue weighted by Crippen LogP contribution is 2.40. The van der Waals surface area contributed by atoms with Crippen LogP contribution in [-0.4, -0.2) is 34.2 Å². The second-order valence-corrected chi connectivity index (χ2v) is 6.66. The number of fused-ring (bicyclic) bond motifs is 3. The molecule has 8 heteroatoms. The molecule has 0 bridgehead atoms. The molecular weight excluding hydrogens is 334 g/mol. The molecule has 0 radical (unpaired) electrons. The smallest absolute Gasteiger partial charge is 0.407 e. The van der Waals surface area contributed by atoms with Crippen LogP contribution in [0.5, 0.6) is 0 Å². The Labute approximate surface area is 149 Å². The van der Waals surface area contributed by atoms with Gasteiger partial charge in [0.25, 0.3) is 5.91 Å². The van der Waals surface area contributed by atoms with Crippen molar-refractivity contribution in [2.24, 2.45) is 5.73 Å². The van der Waals surface area contributed by atoms with E-state index in [1.54, 1.807) is 6.07 Å². The van der Waals surface area contributed by atoms with Crippen LogP contribution in [0.4, 0.5) is 10.6 Å². The Hall–Kier alpha value is -3.29. The first kappa shape index (κ1) is 16.2.